The van der Waals surface area contributed by atoms with Gasteiger partial charge in [0.05, 0.1) is 28.0 Å². The van der Waals surface area contributed by atoms with Gasteiger partial charge in [0.1, 0.15) is 19.6 Å². The summed E-state index contributed by atoms with van der Waals surface area (Å²) in [6, 6.07) is 57.5. The molecule has 1 aliphatic heterocycles. The quantitative estimate of drug-likeness (QED) is 0.175. The molecule has 10 rings (SSSR count). The number of hydrogen-bond acceptors (Lipinski definition) is 3. The van der Waals surface area contributed by atoms with Gasteiger partial charge < -0.3 is 5.11 Å². The first kappa shape index (κ1) is 44.0. The van der Waals surface area contributed by atoms with E-state index < -0.39 is 8.07 Å². The Morgan fingerprint density at radius 1 is 0.478 bits per heavy atom. The third-order valence-corrected chi connectivity index (χ3v) is 17.6. The van der Waals surface area contributed by atoms with Gasteiger partial charge >= 0.3 is 0 Å². The molecule has 1 N–H and O–H groups in total. The number of phenolic OH excluding ortho intramolecular Hbond substituents is 1. The topological polar surface area (TPSA) is 50.9 Å². The van der Waals surface area contributed by atoms with Gasteiger partial charge in [-0.05, 0) is 114 Å². The van der Waals surface area contributed by atoms with Crippen molar-refractivity contribution in [2.75, 3.05) is 0 Å². The second-order valence-corrected chi connectivity index (χ2v) is 26.5. The number of fused-ring (bicyclic) bond motifs is 6. The molecule has 0 aliphatic carbocycles. The Morgan fingerprint density at radius 2 is 1.09 bits per heavy atom. The predicted octanol–water partition coefficient (Wildman–Crippen LogP) is 15.2. The van der Waals surface area contributed by atoms with Gasteiger partial charge in [0.2, 0.25) is 0 Å². The Labute approximate surface area is 398 Å². The average molecular weight is 892 g/mol. The van der Waals surface area contributed by atoms with E-state index in [9.17, 15) is 5.11 Å². The van der Waals surface area contributed by atoms with Crippen LogP contribution < -0.4 is 10.4 Å². The van der Waals surface area contributed by atoms with E-state index in [1.165, 1.54) is 38.2 Å². The number of aromatic hydroxyl groups is 1. The van der Waals surface area contributed by atoms with E-state index in [0.29, 0.717) is 5.82 Å². The van der Waals surface area contributed by atoms with Gasteiger partial charge in [-0.15, -0.1) is 0 Å². The van der Waals surface area contributed by atoms with Crippen LogP contribution in [-0.4, -0.2) is 27.7 Å². The summed E-state index contributed by atoms with van der Waals surface area (Å²) in [5.41, 5.74) is 17.6. The number of aromatic nitrogens is 3. The molecule has 1 aliphatic rings. The number of hydrogen-bond donors (Lipinski definition) is 1. The Balaban J connectivity index is 1.31. The summed E-state index contributed by atoms with van der Waals surface area (Å²) in [5.74, 6) is 0.984. The van der Waals surface area contributed by atoms with Gasteiger partial charge in [-0.3, -0.25) is 9.55 Å². The summed E-state index contributed by atoms with van der Waals surface area (Å²) in [6.45, 7) is 25.1. The number of benzene rings is 7. The lowest BCUT2D eigenvalue weighted by molar-refractivity contribution is 0.446. The van der Waals surface area contributed by atoms with Crippen LogP contribution in [0, 0.1) is 0 Å². The van der Waals surface area contributed by atoms with Crippen molar-refractivity contribution in [2.45, 2.75) is 91.7 Å². The monoisotopic (exact) mass is 891 g/mol. The van der Waals surface area contributed by atoms with Crippen molar-refractivity contribution >= 4 is 29.5 Å². The van der Waals surface area contributed by atoms with Crippen molar-refractivity contribution in [2.24, 2.45) is 0 Å². The van der Waals surface area contributed by atoms with E-state index in [2.05, 4.69) is 238 Å². The molecule has 4 nitrogen and oxygen atoms in total. The van der Waals surface area contributed by atoms with E-state index in [4.69, 9.17) is 9.97 Å². The largest absolute Gasteiger partial charge is 0.507 e. The fraction of sp³-hybridized carbons (Fsp3) is 0.226. The molecule has 334 valence electrons. The van der Waals surface area contributed by atoms with E-state index in [0.717, 1.165) is 66.9 Å². The molecule has 2 aromatic heterocycles. The zero-order chi connectivity index (χ0) is 47.2. The minimum Gasteiger partial charge on any atom is -0.507 e. The van der Waals surface area contributed by atoms with Gasteiger partial charge in [-0.25, -0.2) is 4.98 Å². The van der Waals surface area contributed by atoms with E-state index in [1.807, 2.05) is 6.20 Å². The van der Waals surface area contributed by atoms with Gasteiger partial charge in [0.25, 0.3) is 0 Å². The minimum absolute atomic E-state index is 0.147. The summed E-state index contributed by atoms with van der Waals surface area (Å²) < 4.78 is 2.36. The molecule has 0 radical (unpaired) electrons. The maximum absolute atomic E-state index is 12.7. The third-order valence-electron chi connectivity index (χ3n) is 14.0. The SMILES string of the molecule is CC(C)(C)c1cc(-c2cc(-c3ccccc3)ccn2)cc(-c2cccc3c2nc(-c2cc(C(C)(C)C)cc(C(C)(C)C)c2O)n3-c2cccc3c2-c2ccccc2-c2ccccc2[Si]3(C)C)c1. The lowest BCUT2D eigenvalue weighted by Gasteiger charge is -2.28. The maximum Gasteiger partial charge on any atom is 0.149 e. The van der Waals surface area contributed by atoms with Crippen molar-refractivity contribution in [1.82, 2.24) is 14.5 Å². The number of imidazole rings is 1. The third kappa shape index (κ3) is 7.64. The summed E-state index contributed by atoms with van der Waals surface area (Å²) in [6.07, 6.45) is 1.92. The molecular formula is C62H61N3OSi. The smallest absolute Gasteiger partial charge is 0.149 e. The van der Waals surface area contributed by atoms with Crippen LogP contribution in [0.2, 0.25) is 13.1 Å². The lowest BCUT2D eigenvalue weighted by Crippen LogP contribution is -2.53. The van der Waals surface area contributed by atoms with Crippen molar-refractivity contribution in [3.63, 3.8) is 0 Å². The molecular weight excluding hydrogens is 831 g/mol. The zero-order valence-electron chi connectivity index (χ0n) is 40.9. The fourth-order valence-corrected chi connectivity index (χ4v) is 13.3. The van der Waals surface area contributed by atoms with Crippen LogP contribution in [0.3, 0.4) is 0 Å². The van der Waals surface area contributed by atoms with Gasteiger partial charge in [0.15, 0.2) is 0 Å². The molecule has 0 saturated carbocycles. The number of para-hydroxylation sites is 1. The van der Waals surface area contributed by atoms with Crippen LogP contribution in [0.4, 0.5) is 0 Å². The van der Waals surface area contributed by atoms with Crippen molar-refractivity contribution in [3.05, 3.63) is 181 Å². The Morgan fingerprint density at radius 3 is 1.81 bits per heavy atom. The predicted molar refractivity (Wildman–Crippen MR) is 286 cm³/mol. The molecule has 0 fully saturated rings. The van der Waals surface area contributed by atoms with Crippen LogP contribution >= 0.6 is 0 Å². The number of nitrogens with zero attached hydrogens (tertiary/aromatic N) is 3. The van der Waals surface area contributed by atoms with Crippen molar-refractivity contribution in [1.29, 1.82) is 0 Å². The molecule has 7 aromatic carbocycles. The summed E-state index contributed by atoms with van der Waals surface area (Å²) in [4.78, 5) is 10.8. The molecule has 67 heavy (non-hydrogen) atoms. The normalized spacial score (nSPS) is 13.5. The van der Waals surface area contributed by atoms with Crippen molar-refractivity contribution in [3.8, 4) is 78.6 Å². The van der Waals surface area contributed by atoms with E-state index in [-0.39, 0.29) is 22.0 Å². The highest BCUT2D eigenvalue weighted by atomic mass is 28.3. The Hall–Kier alpha value is -6.82. The lowest BCUT2D eigenvalue weighted by atomic mass is 9.79. The molecule has 9 aromatic rings. The van der Waals surface area contributed by atoms with E-state index in [1.54, 1.807) is 0 Å². The standard InChI is InChI=1S/C62H61N3OSi/c1-60(2,3)43-34-41(33-42(35-43)51-36-40(31-32-63-51)39-21-13-12-14-22-39)45-26-19-28-53-57(45)64-59(49-37-44(61(4,5)6)38-50(58(49)66)62(7,8)9)65(53)52-27-20-30-55-56(52)48-25-16-15-23-46(48)47-24-17-18-29-54(47)67(55,10)11/h12-38,66H,1-11H3. The first-order valence-corrected chi connectivity index (χ1v) is 26.7. The highest BCUT2D eigenvalue weighted by Crippen LogP contribution is 2.47. The van der Waals surface area contributed by atoms with Crippen LogP contribution in [0.25, 0.3) is 83.9 Å². The highest BCUT2D eigenvalue weighted by molar-refractivity contribution is 7.02. The second-order valence-electron chi connectivity index (χ2n) is 22.1. The molecule has 0 saturated heterocycles. The zero-order valence-corrected chi connectivity index (χ0v) is 41.9. The fourth-order valence-electron chi connectivity index (χ4n) is 10.2. The summed E-state index contributed by atoms with van der Waals surface area (Å²) in [5, 5.41) is 15.5. The number of phenols is 1. The number of rotatable bonds is 5. The molecule has 3 heterocycles. The van der Waals surface area contributed by atoms with Gasteiger partial charge in [-0.1, -0.05) is 191 Å². The first-order valence-electron chi connectivity index (χ1n) is 23.7. The molecule has 0 spiro atoms. The first-order chi connectivity index (χ1) is 31.8. The van der Waals surface area contributed by atoms with E-state index >= 15 is 0 Å². The summed E-state index contributed by atoms with van der Waals surface area (Å²) in [7, 11) is -2.31. The minimum atomic E-state index is -2.31. The molecule has 5 heteroatoms. The van der Waals surface area contributed by atoms with Crippen molar-refractivity contribution < 1.29 is 5.11 Å². The maximum atomic E-state index is 12.7. The van der Waals surface area contributed by atoms with Crippen LogP contribution in [-0.2, 0) is 16.2 Å². The highest BCUT2D eigenvalue weighted by Gasteiger charge is 2.37. The molecule has 0 atom stereocenters. The second kappa shape index (κ2) is 15.9. The number of pyridine rings is 1. The van der Waals surface area contributed by atoms with Crippen LogP contribution in [0.15, 0.2) is 164 Å². The Kier molecular flexibility index (Phi) is 10.5. The molecule has 0 unspecified atom stereocenters. The van der Waals surface area contributed by atoms with Crippen LogP contribution in [0.5, 0.6) is 5.75 Å². The van der Waals surface area contributed by atoms with Crippen LogP contribution in [0.1, 0.15) is 79.0 Å². The molecule has 0 amide bonds. The Bertz CT molecular complexity index is 3390. The average Bonchev–Trinajstić information content (AvgIpc) is 3.66. The van der Waals surface area contributed by atoms with Gasteiger partial charge in [0, 0.05) is 28.5 Å². The summed E-state index contributed by atoms with van der Waals surface area (Å²) >= 11 is 0. The molecule has 0 bridgehead atoms. The van der Waals surface area contributed by atoms with Gasteiger partial charge in [-0.2, -0.15) is 0 Å².